The van der Waals surface area contributed by atoms with Gasteiger partial charge < -0.3 is 4.90 Å². The summed E-state index contributed by atoms with van der Waals surface area (Å²) in [6, 6.07) is 0.565. The Hall–Kier alpha value is -0.720. The predicted octanol–water partition coefficient (Wildman–Crippen LogP) is 2.42. The van der Waals surface area contributed by atoms with Gasteiger partial charge in [0, 0.05) is 13.1 Å². The molecule has 0 aliphatic carbocycles. The van der Waals surface area contributed by atoms with Gasteiger partial charge in [0.15, 0.2) is 0 Å². The van der Waals surface area contributed by atoms with Crippen molar-refractivity contribution in [3.8, 4) is 0 Å². The van der Waals surface area contributed by atoms with E-state index in [1.54, 1.807) is 0 Å². The minimum absolute atomic E-state index is 0.565. The average Bonchev–Trinajstić information content (AvgIpc) is 1.82. The summed E-state index contributed by atoms with van der Waals surface area (Å²) < 4.78 is 0. The van der Waals surface area contributed by atoms with Crippen LogP contribution in [0.4, 0.5) is 0 Å². The number of allylic oxidation sites excluding steroid dienone is 2. The standard InChI is InChI=1S/C9H17N/c1-8(2)6-7-10(5)9(3)4/h6-7,9H,1H2,2-5H3/b7-6-. The molecule has 0 saturated heterocycles. The molecule has 0 aliphatic rings. The first-order chi connectivity index (χ1) is 4.54. The first kappa shape index (κ1) is 9.28. The molecule has 0 aromatic carbocycles. The molecule has 0 spiro atoms. The fraction of sp³-hybridized carbons (Fsp3) is 0.556. The van der Waals surface area contributed by atoms with Crippen molar-refractivity contribution in [2.45, 2.75) is 26.8 Å². The van der Waals surface area contributed by atoms with Gasteiger partial charge >= 0.3 is 0 Å². The van der Waals surface area contributed by atoms with Crippen molar-refractivity contribution in [1.29, 1.82) is 0 Å². The van der Waals surface area contributed by atoms with Gasteiger partial charge in [0.05, 0.1) is 0 Å². The van der Waals surface area contributed by atoms with E-state index in [2.05, 4.69) is 32.4 Å². The third kappa shape index (κ3) is 4.19. The molecule has 0 N–H and O–H groups in total. The van der Waals surface area contributed by atoms with Crippen LogP contribution in [0.3, 0.4) is 0 Å². The lowest BCUT2D eigenvalue weighted by Crippen LogP contribution is -2.19. The Morgan fingerprint density at radius 2 is 2.00 bits per heavy atom. The molecule has 0 aromatic heterocycles. The molecule has 58 valence electrons. The smallest absolute Gasteiger partial charge is 0.0224 e. The van der Waals surface area contributed by atoms with E-state index in [9.17, 15) is 0 Å². The number of nitrogens with zero attached hydrogens (tertiary/aromatic N) is 1. The van der Waals surface area contributed by atoms with Crippen molar-refractivity contribution in [3.63, 3.8) is 0 Å². The maximum absolute atomic E-state index is 3.77. The molecule has 0 atom stereocenters. The molecule has 0 heterocycles. The summed E-state index contributed by atoms with van der Waals surface area (Å²) in [7, 11) is 2.06. The van der Waals surface area contributed by atoms with Crippen molar-refractivity contribution in [2.75, 3.05) is 7.05 Å². The van der Waals surface area contributed by atoms with Crippen LogP contribution in [0.1, 0.15) is 20.8 Å². The van der Waals surface area contributed by atoms with E-state index >= 15 is 0 Å². The van der Waals surface area contributed by atoms with E-state index in [0.29, 0.717) is 6.04 Å². The fourth-order valence-corrected chi connectivity index (χ4v) is 0.417. The summed E-state index contributed by atoms with van der Waals surface area (Å²) >= 11 is 0. The molecule has 0 saturated carbocycles. The van der Waals surface area contributed by atoms with Crippen molar-refractivity contribution in [3.05, 3.63) is 24.4 Å². The SMILES string of the molecule is C=C(C)/C=C\N(C)C(C)C. The molecule has 0 aliphatic heterocycles. The summed E-state index contributed by atoms with van der Waals surface area (Å²) in [5.41, 5.74) is 1.09. The molecule has 0 bridgehead atoms. The zero-order valence-corrected chi connectivity index (χ0v) is 7.39. The molecule has 0 unspecified atom stereocenters. The van der Waals surface area contributed by atoms with Crippen LogP contribution in [0.5, 0.6) is 0 Å². The van der Waals surface area contributed by atoms with Crippen LogP contribution in [-0.2, 0) is 0 Å². The summed E-state index contributed by atoms with van der Waals surface area (Å²) in [6.07, 6.45) is 4.06. The maximum Gasteiger partial charge on any atom is 0.0224 e. The van der Waals surface area contributed by atoms with Crippen LogP contribution in [0.25, 0.3) is 0 Å². The third-order valence-corrected chi connectivity index (χ3v) is 1.41. The second-order valence-corrected chi connectivity index (χ2v) is 2.92. The molecule has 0 amide bonds. The van der Waals surface area contributed by atoms with Crippen LogP contribution in [-0.4, -0.2) is 18.0 Å². The first-order valence-corrected chi connectivity index (χ1v) is 3.59. The van der Waals surface area contributed by atoms with Gasteiger partial charge in [-0.15, -0.1) is 0 Å². The van der Waals surface area contributed by atoms with Crippen molar-refractivity contribution < 1.29 is 0 Å². The maximum atomic E-state index is 3.77. The highest BCUT2D eigenvalue weighted by Gasteiger charge is 1.93. The largest absolute Gasteiger partial charge is 0.378 e. The van der Waals surface area contributed by atoms with E-state index in [1.807, 2.05) is 19.2 Å². The van der Waals surface area contributed by atoms with Crippen molar-refractivity contribution in [1.82, 2.24) is 4.90 Å². The molecule has 0 fully saturated rings. The monoisotopic (exact) mass is 139 g/mol. The molecule has 1 nitrogen and oxygen atoms in total. The summed E-state index contributed by atoms with van der Waals surface area (Å²) in [5, 5.41) is 0. The Balaban J connectivity index is 3.77. The average molecular weight is 139 g/mol. The van der Waals surface area contributed by atoms with Gasteiger partial charge in [0.25, 0.3) is 0 Å². The Bertz CT molecular complexity index is 134. The zero-order valence-electron chi connectivity index (χ0n) is 7.39. The molecule has 0 rings (SSSR count). The summed E-state index contributed by atoms with van der Waals surface area (Å²) in [6.45, 7) is 10.1. The Kier molecular flexibility index (Phi) is 3.85. The molecular formula is C9H17N. The summed E-state index contributed by atoms with van der Waals surface area (Å²) in [4.78, 5) is 2.15. The van der Waals surface area contributed by atoms with E-state index in [-0.39, 0.29) is 0 Å². The Morgan fingerprint density at radius 3 is 2.30 bits per heavy atom. The van der Waals surface area contributed by atoms with Crippen LogP contribution in [0.15, 0.2) is 24.4 Å². The van der Waals surface area contributed by atoms with Gasteiger partial charge in [-0.05, 0) is 33.0 Å². The first-order valence-electron chi connectivity index (χ1n) is 3.59. The number of rotatable bonds is 3. The fourth-order valence-electron chi connectivity index (χ4n) is 0.417. The normalized spacial score (nSPS) is 10.9. The zero-order chi connectivity index (χ0) is 8.15. The lowest BCUT2D eigenvalue weighted by atomic mass is 10.3. The van der Waals surface area contributed by atoms with Gasteiger partial charge in [0.1, 0.15) is 0 Å². The van der Waals surface area contributed by atoms with E-state index < -0.39 is 0 Å². The van der Waals surface area contributed by atoms with Crippen LogP contribution in [0.2, 0.25) is 0 Å². The van der Waals surface area contributed by atoms with Crippen molar-refractivity contribution in [2.24, 2.45) is 0 Å². The lowest BCUT2D eigenvalue weighted by molar-refractivity contribution is 0.375. The highest BCUT2D eigenvalue weighted by molar-refractivity contribution is 5.10. The minimum atomic E-state index is 0.565. The van der Waals surface area contributed by atoms with Crippen LogP contribution in [0, 0.1) is 0 Å². The second kappa shape index (κ2) is 4.15. The molecule has 0 aromatic rings. The second-order valence-electron chi connectivity index (χ2n) is 2.92. The van der Waals surface area contributed by atoms with Gasteiger partial charge in [-0.2, -0.15) is 0 Å². The van der Waals surface area contributed by atoms with Gasteiger partial charge in [0.2, 0.25) is 0 Å². The van der Waals surface area contributed by atoms with Crippen LogP contribution >= 0.6 is 0 Å². The van der Waals surface area contributed by atoms with Gasteiger partial charge in [-0.25, -0.2) is 0 Å². The Labute approximate surface area is 64.0 Å². The van der Waals surface area contributed by atoms with E-state index in [0.717, 1.165) is 5.57 Å². The molecule has 0 radical (unpaired) electrons. The van der Waals surface area contributed by atoms with E-state index in [1.165, 1.54) is 0 Å². The lowest BCUT2D eigenvalue weighted by Gasteiger charge is -2.18. The van der Waals surface area contributed by atoms with Gasteiger partial charge in [-0.3, -0.25) is 0 Å². The van der Waals surface area contributed by atoms with Crippen molar-refractivity contribution >= 4 is 0 Å². The van der Waals surface area contributed by atoms with Crippen LogP contribution < -0.4 is 0 Å². The molecular weight excluding hydrogens is 122 g/mol. The predicted molar refractivity (Wildman–Crippen MR) is 46.9 cm³/mol. The molecule has 1 heteroatoms. The topological polar surface area (TPSA) is 3.24 Å². The number of hydrogen-bond donors (Lipinski definition) is 0. The Morgan fingerprint density at radius 1 is 1.50 bits per heavy atom. The van der Waals surface area contributed by atoms with Gasteiger partial charge in [-0.1, -0.05) is 12.2 Å². The molecule has 10 heavy (non-hydrogen) atoms. The summed E-state index contributed by atoms with van der Waals surface area (Å²) in [5.74, 6) is 0. The highest BCUT2D eigenvalue weighted by atomic mass is 15.1. The highest BCUT2D eigenvalue weighted by Crippen LogP contribution is 1.96. The number of hydrogen-bond acceptors (Lipinski definition) is 1. The third-order valence-electron chi connectivity index (χ3n) is 1.41. The quantitative estimate of drug-likeness (QED) is 0.543. The van der Waals surface area contributed by atoms with E-state index in [4.69, 9.17) is 0 Å². The minimum Gasteiger partial charge on any atom is -0.378 e.